The first-order valence-electron chi connectivity index (χ1n) is 8.61. The standard InChI is InChI=1S/C20H18N4O2S/c25-18(21-11-13-26-16-7-2-1-3-8-16)14-27-20-23-22-19-17-9-5-4-6-15(17)10-12-24(19)20/h1-10,12H,11,13-14H2,(H,21,25). The first-order valence-corrected chi connectivity index (χ1v) is 9.60. The SMILES string of the molecule is O=C(CSc1nnc2c3ccccc3ccn12)NCCOc1ccccc1. The maximum Gasteiger partial charge on any atom is 0.230 e. The lowest BCUT2D eigenvalue weighted by atomic mass is 10.2. The van der Waals surface area contributed by atoms with Gasteiger partial charge in [0.2, 0.25) is 5.91 Å². The van der Waals surface area contributed by atoms with Gasteiger partial charge in [0.15, 0.2) is 10.8 Å². The Hall–Kier alpha value is -3.06. The third kappa shape index (κ3) is 4.03. The predicted octanol–water partition coefficient (Wildman–Crippen LogP) is 3.17. The zero-order valence-electron chi connectivity index (χ0n) is 14.5. The van der Waals surface area contributed by atoms with Crippen molar-refractivity contribution in [3.05, 3.63) is 66.9 Å². The van der Waals surface area contributed by atoms with Crippen molar-refractivity contribution >= 4 is 34.1 Å². The number of carbonyl (C=O) groups excluding carboxylic acids is 1. The number of ether oxygens (including phenoxy) is 1. The molecular weight excluding hydrogens is 360 g/mol. The number of amides is 1. The van der Waals surface area contributed by atoms with Crippen LogP contribution in [0.2, 0.25) is 0 Å². The molecule has 0 aliphatic heterocycles. The van der Waals surface area contributed by atoms with E-state index >= 15 is 0 Å². The van der Waals surface area contributed by atoms with Crippen LogP contribution in [0.1, 0.15) is 0 Å². The Bertz CT molecular complexity index is 1070. The summed E-state index contributed by atoms with van der Waals surface area (Å²) in [5, 5.41) is 14.2. The Kier molecular flexibility index (Phi) is 5.20. The van der Waals surface area contributed by atoms with Gasteiger partial charge >= 0.3 is 0 Å². The summed E-state index contributed by atoms with van der Waals surface area (Å²) >= 11 is 1.36. The summed E-state index contributed by atoms with van der Waals surface area (Å²) in [5.41, 5.74) is 0.798. The zero-order valence-corrected chi connectivity index (χ0v) is 15.4. The second-order valence-electron chi connectivity index (χ2n) is 5.88. The minimum Gasteiger partial charge on any atom is -0.492 e. The zero-order chi connectivity index (χ0) is 18.5. The molecule has 0 saturated carbocycles. The Morgan fingerprint density at radius 3 is 2.74 bits per heavy atom. The van der Waals surface area contributed by atoms with Crippen LogP contribution in [0.25, 0.3) is 16.4 Å². The largest absolute Gasteiger partial charge is 0.492 e. The first kappa shape index (κ1) is 17.4. The predicted molar refractivity (Wildman–Crippen MR) is 106 cm³/mol. The van der Waals surface area contributed by atoms with Crippen LogP contribution in [0.4, 0.5) is 0 Å². The Labute approximate surface area is 160 Å². The molecule has 6 nitrogen and oxygen atoms in total. The number of para-hydroxylation sites is 1. The van der Waals surface area contributed by atoms with Crippen molar-refractivity contribution in [2.45, 2.75) is 5.16 Å². The van der Waals surface area contributed by atoms with E-state index in [1.807, 2.05) is 71.3 Å². The van der Waals surface area contributed by atoms with E-state index < -0.39 is 0 Å². The van der Waals surface area contributed by atoms with Crippen LogP contribution in [-0.2, 0) is 4.79 Å². The van der Waals surface area contributed by atoms with Gasteiger partial charge in [0.05, 0.1) is 12.3 Å². The van der Waals surface area contributed by atoms with Gasteiger partial charge in [-0.2, -0.15) is 0 Å². The number of carbonyl (C=O) groups is 1. The summed E-state index contributed by atoms with van der Waals surface area (Å²) in [6.07, 6.45) is 1.94. The number of aromatic nitrogens is 3. The third-order valence-corrected chi connectivity index (χ3v) is 4.98. The number of nitrogens with one attached hydrogen (secondary N) is 1. The number of hydrogen-bond donors (Lipinski definition) is 1. The van der Waals surface area contributed by atoms with Crippen LogP contribution in [0, 0.1) is 0 Å². The van der Waals surface area contributed by atoms with Gasteiger partial charge in [-0.1, -0.05) is 54.2 Å². The number of nitrogens with zero attached hydrogens (tertiary/aromatic N) is 3. The number of thioether (sulfide) groups is 1. The monoisotopic (exact) mass is 378 g/mol. The summed E-state index contributed by atoms with van der Waals surface area (Å²) in [7, 11) is 0. The minimum atomic E-state index is -0.0609. The lowest BCUT2D eigenvalue weighted by Gasteiger charge is -2.07. The molecule has 0 fully saturated rings. The average molecular weight is 378 g/mol. The van der Waals surface area contributed by atoms with E-state index in [4.69, 9.17) is 4.74 Å². The van der Waals surface area contributed by atoms with E-state index in [0.29, 0.717) is 18.3 Å². The molecule has 0 bridgehead atoms. The van der Waals surface area contributed by atoms with E-state index in [0.717, 1.165) is 22.2 Å². The van der Waals surface area contributed by atoms with Crippen LogP contribution in [0.15, 0.2) is 72.0 Å². The molecule has 0 aliphatic carbocycles. The van der Waals surface area contributed by atoms with Crippen LogP contribution in [0.5, 0.6) is 5.75 Å². The van der Waals surface area contributed by atoms with Gasteiger partial charge in [-0.25, -0.2) is 0 Å². The second-order valence-corrected chi connectivity index (χ2v) is 6.82. The van der Waals surface area contributed by atoms with E-state index in [9.17, 15) is 4.79 Å². The molecule has 2 aromatic heterocycles. The molecule has 27 heavy (non-hydrogen) atoms. The lowest BCUT2D eigenvalue weighted by Crippen LogP contribution is -2.29. The Morgan fingerprint density at radius 1 is 1.04 bits per heavy atom. The quantitative estimate of drug-likeness (QED) is 0.395. The summed E-state index contributed by atoms with van der Waals surface area (Å²) in [5.74, 6) is 1.01. The molecule has 1 amide bonds. The average Bonchev–Trinajstić information content (AvgIpc) is 3.14. The smallest absolute Gasteiger partial charge is 0.230 e. The van der Waals surface area contributed by atoms with Gasteiger partial charge in [-0.15, -0.1) is 10.2 Å². The second kappa shape index (κ2) is 8.09. The number of hydrogen-bond acceptors (Lipinski definition) is 5. The molecule has 0 aliphatic rings. The van der Waals surface area contributed by atoms with Gasteiger partial charge in [0, 0.05) is 11.6 Å². The fourth-order valence-electron chi connectivity index (χ4n) is 2.75. The van der Waals surface area contributed by atoms with E-state index in [1.54, 1.807) is 0 Å². The summed E-state index contributed by atoms with van der Waals surface area (Å²) in [6.45, 7) is 0.889. The highest BCUT2D eigenvalue weighted by atomic mass is 32.2. The first-order chi connectivity index (χ1) is 13.3. The molecule has 0 spiro atoms. The van der Waals surface area contributed by atoms with Gasteiger partial charge in [0.25, 0.3) is 0 Å². The molecule has 2 aromatic carbocycles. The molecule has 4 aromatic rings. The fourth-order valence-corrected chi connectivity index (χ4v) is 3.50. The van der Waals surface area contributed by atoms with Crippen LogP contribution in [0.3, 0.4) is 0 Å². The molecule has 0 saturated heterocycles. The maximum absolute atomic E-state index is 12.1. The number of rotatable bonds is 7. The van der Waals surface area contributed by atoms with Crippen molar-refractivity contribution in [2.24, 2.45) is 0 Å². The summed E-state index contributed by atoms with van der Waals surface area (Å²) < 4.78 is 7.47. The highest BCUT2D eigenvalue weighted by Gasteiger charge is 2.11. The molecule has 0 radical (unpaired) electrons. The Balaban J connectivity index is 1.31. The van der Waals surface area contributed by atoms with Gasteiger partial charge in [-0.3, -0.25) is 9.20 Å². The minimum absolute atomic E-state index is 0.0609. The third-order valence-electron chi connectivity index (χ3n) is 4.04. The fraction of sp³-hybridized carbons (Fsp3) is 0.150. The maximum atomic E-state index is 12.1. The van der Waals surface area contributed by atoms with Gasteiger partial charge in [-0.05, 0) is 23.6 Å². The van der Waals surface area contributed by atoms with E-state index in [2.05, 4.69) is 15.5 Å². The number of benzene rings is 2. The normalized spacial score (nSPS) is 11.0. The Morgan fingerprint density at radius 2 is 1.85 bits per heavy atom. The van der Waals surface area contributed by atoms with Crippen LogP contribution in [-0.4, -0.2) is 39.4 Å². The van der Waals surface area contributed by atoms with Crippen molar-refractivity contribution in [1.29, 1.82) is 0 Å². The van der Waals surface area contributed by atoms with Gasteiger partial charge in [0.1, 0.15) is 12.4 Å². The summed E-state index contributed by atoms with van der Waals surface area (Å²) in [6, 6.07) is 19.6. The highest BCUT2D eigenvalue weighted by Crippen LogP contribution is 2.23. The molecule has 0 unspecified atom stereocenters. The van der Waals surface area contributed by atoms with Crippen molar-refractivity contribution in [3.63, 3.8) is 0 Å². The molecule has 136 valence electrons. The van der Waals surface area contributed by atoms with Crippen LogP contribution < -0.4 is 10.1 Å². The van der Waals surface area contributed by atoms with Crippen LogP contribution >= 0.6 is 11.8 Å². The molecule has 1 N–H and O–H groups in total. The molecule has 4 rings (SSSR count). The number of pyridine rings is 1. The molecule has 0 atom stereocenters. The van der Waals surface area contributed by atoms with Gasteiger partial charge < -0.3 is 10.1 Å². The highest BCUT2D eigenvalue weighted by molar-refractivity contribution is 7.99. The van der Waals surface area contributed by atoms with E-state index in [1.165, 1.54) is 11.8 Å². The van der Waals surface area contributed by atoms with Crippen molar-refractivity contribution < 1.29 is 9.53 Å². The number of fused-ring (bicyclic) bond motifs is 3. The molecule has 2 heterocycles. The van der Waals surface area contributed by atoms with E-state index in [-0.39, 0.29) is 11.7 Å². The van der Waals surface area contributed by atoms with Crippen molar-refractivity contribution in [2.75, 3.05) is 18.9 Å². The molecular formula is C20H18N4O2S. The topological polar surface area (TPSA) is 68.5 Å². The van der Waals surface area contributed by atoms with Crippen molar-refractivity contribution in [1.82, 2.24) is 19.9 Å². The lowest BCUT2D eigenvalue weighted by molar-refractivity contribution is -0.118. The van der Waals surface area contributed by atoms with Crippen molar-refractivity contribution in [3.8, 4) is 5.75 Å². The molecule has 7 heteroatoms. The summed E-state index contributed by atoms with van der Waals surface area (Å²) in [4.78, 5) is 12.1.